The Morgan fingerprint density at radius 1 is 1.00 bits per heavy atom. The maximum atomic E-state index is 12.2. The van der Waals surface area contributed by atoms with E-state index in [1.165, 1.54) is 18.2 Å². The van der Waals surface area contributed by atoms with Crippen LogP contribution in [0.5, 0.6) is 0 Å². The van der Waals surface area contributed by atoms with Gasteiger partial charge in [0, 0.05) is 34.9 Å². The fourth-order valence-electron chi connectivity index (χ4n) is 3.12. The molecule has 3 aromatic rings. The maximum Gasteiger partial charge on any atom is 0.338 e. The predicted molar refractivity (Wildman–Crippen MR) is 112 cm³/mol. The number of hydrogen-bond acceptors (Lipinski definition) is 5. The largest absolute Gasteiger partial charge is 0.452 e. The van der Waals surface area contributed by atoms with E-state index < -0.39 is 23.4 Å². The van der Waals surface area contributed by atoms with Gasteiger partial charge in [-0.3, -0.25) is 14.9 Å². The van der Waals surface area contributed by atoms with Gasteiger partial charge in [-0.05, 0) is 68.8 Å². The van der Waals surface area contributed by atoms with Gasteiger partial charge in [0.2, 0.25) is 0 Å². The summed E-state index contributed by atoms with van der Waals surface area (Å²) in [5.74, 6) is -1.14. The number of rotatable bonds is 6. The first-order valence-corrected chi connectivity index (χ1v) is 9.23. The van der Waals surface area contributed by atoms with Gasteiger partial charge in [-0.25, -0.2) is 4.79 Å². The predicted octanol–water partition coefficient (Wildman–Crippen LogP) is 4.11. The van der Waals surface area contributed by atoms with E-state index in [1.807, 2.05) is 38.1 Å². The molecule has 0 saturated carbocycles. The van der Waals surface area contributed by atoms with Crippen LogP contribution in [0.1, 0.15) is 27.3 Å². The number of nitro groups is 1. The molecule has 2 aromatic carbocycles. The van der Waals surface area contributed by atoms with E-state index in [2.05, 4.69) is 9.88 Å². The van der Waals surface area contributed by atoms with Crippen molar-refractivity contribution in [3.8, 4) is 5.69 Å². The fraction of sp³-hybridized carbons (Fsp3) is 0.182. The number of nitrogens with zero attached hydrogens (tertiary/aromatic N) is 2. The number of hydrogen-bond donors (Lipinski definition) is 1. The Kier molecular flexibility index (Phi) is 5.96. The summed E-state index contributed by atoms with van der Waals surface area (Å²) in [4.78, 5) is 34.6. The average Bonchev–Trinajstić information content (AvgIpc) is 3.05. The zero-order valence-corrected chi connectivity index (χ0v) is 16.8. The Bertz CT molecular complexity index is 1100. The van der Waals surface area contributed by atoms with Crippen LogP contribution in [0.4, 0.5) is 11.4 Å². The van der Waals surface area contributed by atoms with Crippen molar-refractivity contribution in [1.82, 2.24) is 4.57 Å². The van der Waals surface area contributed by atoms with E-state index in [4.69, 9.17) is 4.74 Å². The lowest BCUT2D eigenvalue weighted by Gasteiger charge is -2.11. The van der Waals surface area contributed by atoms with Crippen LogP contribution < -0.4 is 5.32 Å². The highest BCUT2D eigenvalue weighted by Gasteiger charge is 2.13. The lowest BCUT2D eigenvalue weighted by Crippen LogP contribution is -2.21. The van der Waals surface area contributed by atoms with E-state index in [0.717, 1.165) is 17.1 Å². The van der Waals surface area contributed by atoms with Crippen LogP contribution in [0, 0.1) is 30.9 Å². The number of non-ortho nitro benzene ring substituents is 1. The molecule has 0 aliphatic carbocycles. The summed E-state index contributed by atoms with van der Waals surface area (Å²) in [6.07, 6.45) is 0. The highest BCUT2D eigenvalue weighted by Crippen LogP contribution is 2.21. The number of benzene rings is 2. The molecular formula is C22H21N3O5. The van der Waals surface area contributed by atoms with Crippen LogP contribution in [0.15, 0.2) is 54.6 Å². The molecule has 0 aliphatic heterocycles. The minimum Gasteiger partial charge on any atom is -0.452 e. The van der Waals surface area contributed by atoms with Crippen molar-refractivity contribution < 1.29 is 19.2 Å². The van der Waals surface area contributed by atoms with E-state index in [-0.39, 0.29) is 5.69 Å². The Morgan fingerprint density at radius 3 is 2.20 bits per heavy atom. The number of nitro benzene ring substituents is 1. The molecule has 0 aliphatic rings. The van der Waals surface area contributed by atoms with Crippen LogP contribution in [0.3, 0.4) is 0 Å². The third kappa shape index (κ3) is 4.54. The van der Waals surface area contributed by atoms with Gasteiger partial charge in [-0.15, -0.1) is 0 Å². The molecule has 154 valence electrons. The summed E-state index contributed by atoms with van der Waals surface area (Å²) in [5.41, 5.74) is 4.32. The van der Waals surface area contributed by atoms with E-state index >= 15 is 0 Å². The summed E-state index contributed by atoms with van der Waals surface area (Å²) in [6.45, 7) is 5.18. The lowest BCUT2D eigenvalue weighted by molar-refractivity contribution is -0.384. The highest BCUT2D eigenvalue weighted by atomic mass is 16.6. The van der Waals surface area contributed by atoms with Gasteiger partial charge in [0.1, 0.15) is 0 Å². The van der Waals surface area contributed by atoms with Gasteiger partial charge in [0.15, 0.2) is 6.61 Å². The number of nitrogens with one attached hydrogen (secondary N) is 1. The summed E-state index contributed by atoms with van der Waals surface area (Å²) in [7, 11) is 0. The van der Waals surface area contributed by atoms with Crippen molar-refractivity contribution in [1.29, 1.82) is 0 Å². The summed E-state index contributed by atoms with van der Waals surface area (Å²) < 4.78 is 7.14. The molecule has 0 unspecified atom stereocenters. The first-order chi connectivity index (χ1) is 14.3. The lowest BCUT2D eigenvalue weighted by atomic mass is 10.2. The van der Waals surface area contributed by atoms with Crippen LogP contribution in [0.25, 0.3) is 5.69 Å². The molecule has 1 aromatic heterocycles. The zero-order chi connectivity index (χ0) is 21.8. The Balaban J connectivity index is 1.59. The first kappa shape index (κ1) is 20.8. The van der Waals surface area contributed by atoms with Crippen molar-refractivity contribution >= 4 is 23.3 Å². The smallest absolute Gasteiger partial charge is 0.338 e. The van der Waals surface area contributed by atoms with Crippen LogP contribution in [-0.2, 0) is 9.53 Å². The zero-order valence-electron chi connectivity index (χ0n) is 16.8. The van der Waals surface area contributed by atoms with Gasteiger partial charge < -0.3 is 14.6 Å². The average molecular weight is 407 g/mol. The van der Waals surface area contributed by atoms with E-state index in [0.29, 0.717) is 16.8 Å². The minimum absolute atomic E-state index is 0.0642. The Labute approximate surface area is 173 Å². The molecule has 0 saturated heterocycles. The molecule has 0 atom stereocenters. The molecule has 1 N–H and O–H groups in total. The van der Waals surface area contributed by atoms with Gasteiger partial charge in [0.25, 0.3) is 11.6 Å². The second-order valence-electron chi connectivity index (χ2n) is 6.88. The van der Waals surface area contributed by atoms with E-state index in [1.54, 1.807) is 19.1 Å². The SMILES string of the molecule is Cc1cc([N+](=O)[O-])ccc1NC(=O)COC(=O)c1ccc(-n2c(C)ccc2C)cc1. The first-order valence-electron chi connectivity index (χ1n) is 9.23. The van der Waals surface area contributed by atoms with E-state index in [9.17, 15) is 19.7 Å². The molecule has 30 heavy (non-hydrogen) atoms. The quantitative estimate of drug-likeness (QED) is 0.376. The number of carbonyl (C=O) groups is 2. The molecule has 1 heterocycles. The summed E-state index contributed by atoms with van der Waals surface area (Å²) in [6, 6.07) is 15.1. The molecule has 0 fully saturated rings. The van der Waals surface area contributed by atoms with Gasteiger partial charge >= 0.3 is 5.97 Å². The molecular weight excluding hydrogens is 386 g/mol. The molecule has 0 bridgehead atoms. The monoisotopic (exact) mass is 407 g/mol. The second-order valence-corrected chi connectivity index (χ2v) is 6.88. The van der Waals surface area contributed by atoms with Gasteiger partial charge in [-0.1, -0.05) is 0 Å². The fourth-order valence-corrected chi connectivity index (χ4v) is 3.12. The number of carbonyl (C=O) groups excluding carboxylic acids is 2. The van der Waals surface area contributed by atoms with Crippen molar-refractivity contribution in [2.75, 3.05) is 11.9 Å². The molecule has 8 heteroatoms. The molecule has 0 spiro atoms. The van der Waals surface area contributed by atoms with Gasteiger partial charge in [-0.2, -0.15) is 0 Å². The van der Waals surface area contributed by atoms with Crippen molar-refractivity contribution in [2.24, 2.45) is 0 Å². The number of esters is 1. The summed E-state index contributed by atoms with van der Waals surface area (Å²) in [5, 5.41) is 13.4. The Hall–Kier alpha value is -3.94. The Morgan fingerprint density at radius 2 is 1.63 bits per heavy atom. The minimum atomic E-state index is -0.613. The van der Waals surface area contributed by atoms with Gasteiger partial charge in [0.05, 0.1) is 10.5 Å². The third-order valence-electron chi connectivity index (χ3n) is 4.66. The van der Waals surface area contributed by atoms with Crippen molar-refractivity contribution in [2.45, 2.75) is 20.8 Å². The molecule has 1 amide bonds. The number of ether oxygens (including phenoxy) is 1. The number of aromatic nitrogens is 1. The second kappa shape index (κ2) is 8.60. The number of anilines is 1. The van der Waals surface area contributed by atoms with Crippen molar-refractivity contribution in [3.63, 3.8) is 0 Å². The number of amides is 1. The maximum absolute atomic E-state index is 12.2. The molecule has 3 rings (SSSR count). The van der Waals surface area contributed by atoms with Crippen molar-refractivity contribution in [3.05, 3.63) is 87.2 Å². The topological polar surface area (TPSA) is 103 Å². The normalized spacial score (nSPS) is 10.5. The standard InChI is InChI=1S/C22H21N3O5/c1-14-12-19(25(28)29)10-11-20(14)23-21(26)13-30-22(27)17-6-8-18(9-7-17)24-15(2)4-5-16(24)3/h4-12H,13H2,1-3H3,(H,23,26). The molecule has 0 radical (unpaired) electrons. The highest BCUT2D eigenvalue weighted by molar-refractivity contribution is 5.96. The third-order valence-corrected chi connectivity index (χ3v) is 4.66. The van der Waals surface area contributed by atoms with Crippen LogP contribution in [-0.4, -0.2) is 28.0 Å². The van der Waals surface area contributed by atoms with Crippen LogP contribution >= 0.6 is 0 Å². The molecule has 8 nitrogen and oxygen atoms in total. The summed E-state index contributed by atoms with van der Waals surface area (Å²) >= 11 is 0. The van der Waals surface area contributed by atoms with Crippen LogP contribution in [0.2, 0.25) is 0 Å². The number of aryl methyl sites for hydroxylation is 3.